The molecule has 0 spiro atoms. The van der Waals surface area contributed by atoms with Gasteiger partial charge in [0.1, 0.15) is 5.71 Å². The predicted molar refractivity (Wildman–Crippen MR) is 117 cm³/mol. The molecule has 0 saturated carbocycles. The van der Waals surface area contributed by atoms with Crippen molar-refractivity contribution in [3.63, 3.8) is 0 Å². The second-order valence-corrected chi connectivity index (χ2v) is 9.11. The smallest absolute Gasteiger partial charge is 0.268 e. The summed E-state index contributed by atoms with van der Waals surface area (Å²) in [5, 5.41) is 16.7. The molecule has 1 aromatic heterocycles. The van der Waals surface area contributed by atoms with Crippen LogP contribution in [0.5, 0.6) is 0 Å². The van der Waals surface area contributed by atoms with Crippen LogP contribution in [0.2, 0.25) is 0 Å². The summed E-state index contributed by atoms with van der Waals surface area (Å²) in [7, 11) is 0. The van der Waals surface area contributed by atoms with Crippen LogP contribution in [0.25, 0.3) is 10.4 Å². The van der Waals surface area contributed by atoms with E-state index in [4.69, 9.17) is 16.6 Å². The molecule has 4 N–H and O–H groups in total. The fourth-order valence-electron chi connectivity index (χ4n) is 3.33. The van der Waals surface area contributed by atoms with Crippen LogP contribution in [0.15, 0.2) is 30.3 Å². The first-order valence-corrected chi connectivity index (χ1v) is 11.2. The third-order valence-corrected chi connectivity index (χ3v) is 7.41. The van der Waals surface area contributed by atoms with Crippen LogP contribution >= 0.6 is 23.1 Å². The van der Waals surface area contributed by atoms with Crippen molar-refractivity contribution in [2.24, 2.45) is 11.7 Å². The molecule has 6 heteroatoms. The van der Waals surface area contributed by atoms with Gasteiger partial charge in [0, 0.05) is 16.2 Å². The molecule has 1 fully saturated rings. The fraction of sp³-hybridized carbons (Fsp3) is 0.381. The van der Waals surface area contributed by atoms with E-state index < -0.39 is 5.91 Å². The van der Waals surface area contributed by atoms with E-state index in [9.17, 15) is 4.79 Å². The Bertz CT molecular complexity index is 849. The molecular formula is C21H25N3OS2. The highest BCUT2D eigenvalue weighted by atomic mass is 32.2. The molecule has 3 rings (SSSR count). The Morgan fingerprint density at radius 1 is 1.26 bits per heavy atom. The molecule has 0 radical (unpaired) electrons. The standard InChI is InChI=1S/C21H25N3OS2/c1-2-13-5-7-15(8-6-13)18-11-16(20(27-18)19(23)21(24)25)17(22)10-14-4-3-9-26-12-14/h5-8,11,14,22-23H,2-4,9-10,12H2,1H3,(H2,24,25). The number of hydrogen-bond acceptors (Lipinski definition) is 5. The van der Waals surface area contributed by atoms with Gasteiger partial charge in [0.2, 0.25) is 0 Å². The highest BCUT2D eigenvalue weighted by Crippen LogP contribution is 2.34. The lowest BCUT2D eigenvalue weighted by Gasteiger charge is -2.21. The molecule has 1 aliphatic rings. The van der Waals surface area contributed by atoms with Gasteiger partial charge in [-0.2, -0.15) is 11.8 Å². The van der Waals surface area contributed by atoms with Crippen molar-refractivity contribution >= 4 is 40.4 Å². The maximum absolute atomic E-state index is 11.6. The number of carbonyl (C=O) groups excluding carboxylic acids is 1. The molecule has 2 heterocycles. The summed E-state index contributed by atoms with van der Waals surface area (Å²) in [5.74, 6) is 2.05. The van der Waals surface area contributed by atoms with Gasteiger partial charge in [0.05, 0.1) is 4.88 Å². The van der Waals surface area contributed by atoms with Crippen LogP contribution < -0.4 is 5.73 Å². The van der Waals surface area contributed by atoms with Crippen molar-refractivity contribution in [3.05, 3.63) is 46.3 Å². The number of benzene rings is 1. The molecule has 0 bridgehead atoms. The first-order chi connectivity index (χ1) is 13.0. The molecule has 1 amide bonds. The Hall–Kier alpha value is -1.92. The summed E-state index contributed by atoms with van der Waals surface area (Å²) in [6.07, 6.45) is 4.02. The zero-order chi connectivity index (χ0) is 19.4. The Morgan fingerprint density at radius 3 is 2.59 bits per heavy atom. The van der Waals surface area contributed by atoms with Crippen molar-refractivity contribution in [2.75, 3.05) is 11.5 Å². The third-order valence-electron chi connectivity index (χ3n) is 4.92. The number of hydrogen-bond donors (Lipinski definition) is 3. The second-order valence-electron chi connectivity index (χ2n) is 6.91. The lowest BCUT2D eigenvalue weighted by Crippen LogP contribution is -2.24. The van der Waals surface area contributed by atoms with Gasteiger partial charge in [-0.3, -0.25) is 10.2 Å². The van der Waals surface area contributed by atoms with Crippen LogP contribution in [-0.4, -0.2) is 28.8 Å². The molecule has 4 nitrogen and oxygen atoms in total. The largest absolute Gasteiger partial charge is 0.364 e. The summed E-state index contributed by atoms with van der Waals surface area (Å²) in [6.45, 7) is 2.12. The summed E-state index contributed by atoms with van der Waals surface area (Å²) in [6, 6.07) is 10.3. The number of nitrogens with one attached hydrogen (secondary N) is 2. The van der Waals surface area contributed by atoms with E-state index in [-0.39, 0.29) is 5.71 Å². The molecule has 1 aliphatic heterocycles. The number of rotatable bonds is 7. The highest BCUT2D eigenvalue weighted by Gasteiger charge is 2.23. The van der Waals surface area contributed by atoms with E-state index in [0.717, 1.165) is 29.0 Å². The number of nitrogens with two attached hydrogens (primary N) is 1. The van der Waals surface area contributed by atoms with Crippen molar-refractivity contribution in [2.45, 2.75) is 32.6 Å². The predicted octanol–water partition coefficient (Wildman–Crippen LogP) is 4.73. The normalized spacial score (nSPS) is 16.9. The Morgan fingerprint density at radius 2 is 2.00 bits per heavy atom. The first-order valence-electron chi connectivity index (χ1n) is 9.27. The lowest BCUT2D eigenvalue weighted by atomic mass is 9.94. The SMILES string of the molecule is CCc1ccc(-c2cc(C(=N)CC3CCCSC3)c(C(=N)C(N)=O)s2)cc1. The average molecular weight is 400 g/mol. The molecule has 2 aromatic rings. The Labute approximate surface area is 168 Å². The van der Waals surface area contributed by atoms with E-state index >= 15 is 0 Å². The monoisotopic (exact) mass is 399 g/mol. The first kappa shape index (κ1) is 19.8. The molecule has 142 valence electrons. The quantitative estimate of drug-likeness (QED) is 0.587. The van der Waals surface area contributed by atoms with Gasteiger partial charge in [-0.1, -0.05) is 31.2 Å². The van der Waals surface area contributed by atoms with E-state index in [2.05, 4.69) is 31.2 Å². The summed E-state index contributed by atoms with van der Waals surface area (Å²) in [4.78, 5) is 13.1. The highest BCUT2D eigenvalue weighted by molar-refractivity contribution is 7.99. The number of carbonyl (C=O) groups is 1. The van der Waals surface area contributed by atoms with E-state index in [1.54, 1.807) is 0 Å². The minimum atomic E-state index is -0.744. The van der Waals surface area contributed by atoms with Gasteiger partial charge in [0.15, 0.2) is 0 Å². The lowest BCUT2D eigenvalue weighted by molar-refractivity contribution is -0.112. The maximum Gasteiger partial charge on any atom is 0.268 e. The van der Waals surface area contributed by atoms with Crippen molar-refractivity contribution in [3.8, 4) is 10.4 Å². The number of thioether (sulfide) groups is 1. The number of thiophene rings is 1. The molecule has 0 aliphatic carbocycles. The molecule has 1 atom stereocenters. The molecule has 1 aromatic carbocycles. The summed E-state index contributed by atoms with van der Waals surface area (Å²) in [5.41, 5.74) is 8.69. The average Bonchev–Trinajstić information content (AvgIpc) is 3.13. The van der Waals surface area contributed by atoms with Gasteiger partial charge in [-0.15, -0.1) is 11.3 Å². The van der Waals surface area contributed by atoms with Crippen molar-refractivity contribution in [1.82, 2.24) is 0 Å². The van der Waals surface area contributed by atoms with Crippen LogP contribution in [0, 0.1) is 16.7 Å². The zero-order valence-corrected chi connectivity index (χ0v) is 17.1. The Balaban J connectivity index is 1.92. The summed E-state index contributed by atoms with van der Waals surface area (Å²) >= 11 is 3.33. The fourth-order valence-corrected chi connectivity index (χ4v) is 5.63. The van der Waals surface area contributed by atoms with Crippen LogP contribution in [0.4, 0.5) is 0 Å². The van der Waals surface area contributed by atoms with Crippen LogP contribution in [-0.2, 0) is 11.2 Å². The minimum absolute atomic E-state index is 0.200. The van der Waals surface area contributed by atoms with Crippen molar-refractivity contribution in [1.29, 1.82) is 10.8 Å². The van der Waals surface area contributed by atoms with Crippen LogP contribution in [0.3, 0.4) is 0 Å². The molecule has 1 saturated heterocycles. The van der Waals surface area contributed by atoms with Crippen LogP contribution in [0.1, 0.15) is 42.2 Å². The molecule has 1 unspecified atom stereocenters. The third kappa shape index (κ3) is 4.68. The van der Waals surface area contributed by atoms with Crippen molar-refractivity contribution < 1.29 is 4.79 Å². The van der Waals surface area contributed by atoms with E-state index in [0.29, 0.717) is 28.5 Å². The molecule has 27 heavy (non-hydrogen) atoms. The zero-order valence-electron chi connectivity index (χ0n) is 15.5. The van der Waals surface area contributed by atoms with Gasteiger partial charge < -0.3 is 11.1 Å². The van der Waals surface area contributed by atoms with Gasteiger partial charge >= 0.3 is 0 Å². The minimum Gasteiger partial charge on any atom is -0.364 e. The topological polar surface area (TPSA) is 90.8 Å². The number of primary amides is 1. The van der Waals surface area contributed by atoms with Gasteiger partial charge in [-0.05, 0) is 60.3 Å². The van der Waals surface area contributed by atoms with E-state index in [1.807, 2.05) is 17.8 Å². The van der Waals surface area contributed by atoms with Gasteiger partial charge in [-0.25, -0.2) is 0 Å². The van der Waals surface area contributed by atoms with E-state index in [1.165, 1.54) is 29.1 Å². The molecular weight excluding hydrogens is 374 g/mol. The number of amides is 1. The second kappa shape index (κ2) is 8.85. The Kier molecular flexibility index (Phi) is 6.50. The van der Waals surface area contributed by atoms with Gasteiger partial charge in [0.25, 0.3) is 5.91 Å². The number of aryl methyl sites for hydroxylation is 1. The summed E-state index contributed by atoms with van der Waals surface area (Å²) < 4.78 is 0. The maximum atomic E-state index is 11.6.